The van der Waals surface area contributed by atoms with Crippen LogP contribution in [0.4, 0.5) is 5.69 Å². The normalized spacial score (nSPS) is 11.5. The fourth-order valence-electron chi connectivity index (χ4n) is 3.71. The van der Waals surface area contributed by atoms with Crippen LogP contribution in [0.5, 0.6) is 0 Å². The lowest BCUT2D eigenvalue weighted by Gasteiger charge is -2.24. The maximum Gasteiger partial charge on any atom is 0.325 e. The number of halogens is 2. The maximum atomic E-state index is 13.4. The summed E-state index contributed by atoms with van der Waals surface area (Å²) >= 11 is 13.0. The Morgan fingerprint density at radius 2 is 1.87 bits per heavy atom. The van der Waals surface area contributed by atoms with Gasteiger partial charge in [-0.25, -0.2) is 0 Å². The Balaban J connectivity index is 2.59. The van der Waals surface area contributed by atoms with Gasteiger partial charge in [0.05, 0.1) is 39.8 Å². The minimum atomic E-state index is -0.899. The van der Waals surface area contributed by atoms with Crippen LogP contribution >= 0.6 is 23.2 Å². The molecule has 0 saturated heterocycles. The van der Waals surface area contributed by atoms with E-state index < -0.39 is 11.4 Å². The van der Waals surface area contributed by atoms with Crippen molar-refractivity contribution in [2.45, 2.75) is 32.7 Å². The molecule has 0 atom stereocenters. The second-order valence-corrected chi connectivity index (χ2v) is 8.81. The molecule has 6 nitrogen and oxygen atoms in total. The number of esters is 1. The summed E-state index contributed by atoms with van der Waals surface area (Å²) in [7, 11) is 3.63. The lowest BCUT2D eigenvalue weighted by atomic mass is 9.85. The molecule has 0 fully saturated rings. The van der Waals surface area contributed by atoms with Gasteiger partial charge in [-0.3, -0.25) is 9.59 Å². The summed E-state index contributed by atoms with van der Waals surface area (Å²) in [4.78, 5) is 27.7. The second-order valence-electron chi connectivity index (χ2n) is 7.99. The zero-order valence-electron chi connectivity index (χ0n) is 18.0. The second kappa shape index (κ2) is 8.41. The summed E-state index contributed by atoms with van der Waals surface area (Å²) in [5, 5.41) is 11.2. The molecule has 3 rings (SSSR count). The SMILES string of the molecule is CCOC(=O)Cn1c2cc(C(C)(C)C#N)c(Cl)cc2c(=O)c2ccc(Cl)c(N(C)C)c21. The number of carbonyl (C=O) groups is 1. The Labute approximate surface area is 190 Å². The number of pyridine rings is 1. The molecule has 0 aliphatic rings. The summed E-state index contributed by atoms with van der Waals surface area (Å²) in [5.74, 6) is -0.450. The van der Waals surface area contributed by atoms with Gasteiger partial charge in [-0.05, 0) is 50.6 Å². The highest BCUT2D eigenvalue weighted by Crippen LogP contribution is 2.37. The lowest BCUT2D eigenvalue weighted by Crippen LogP contribution is -2.22. The van der Waals surface area contributed by atoms with Crippen LogP contribution < -0.4 is 10.3 Å². The van der Waals surface area contributed by atoms with Crippen molar-refractivity contribution in [2.24, 2.45) is 0 Å². The van der Waals surface area contributed by atoms with Crippen molar-refractivity contribution < 1.29 is 9.53 Å². The summed E-state index contributed by atoms with van der Waals surface area (Å²) in [6, 6.07) is 8.83. The smallest absolute Gasteiger partial charge is 0.325 e. The zero-order chi connectivity index (χ0) is 23.1. The van der Waals surface area contributed by atoms with Crippen LogP contribution in [0.1, 0.15) is 26.3 Å². The fourth-order valence-corrected chi connectivity index (χ4v) is 4.43. The molecular weight excluding hydrogens is 437 g/mol. The van der Waals surface area contributed by atoms with E-state index in [4.69, 9.17) is 27.9 Å². The first kappa shape index (κ1) is 22.9. The number of nitrogens with zero attached hydrogens (tertiary/aromatic N) is 3. The van der Waals surface area contributed by atoms with E-state index in [1.54, 1.807) is 54.5 Å². The molecule has 0 aliphatic heterocycles. The molecule has 3 aromatic rings. The van der Waals surface area contributed by atoms with E-state index in [1.165, 1.54) is 0 Å². The van der Waals surface area contributed by atoms with Crippen LogP contribution in [-0.2, 0) is 21.5 Å². The predicted octanol–water partition coefficient (Wildman–Crippen LogP) is 4.89. The van der Waals surface area contributed by atoms with Crippen molar-refractivity contribution in [1.29, 1.82) is 5.26 Å². The third kappa shape index (κ3) is 3.96. The standard InChI is InChI=1S/C23H23Cl2N3O3/c1-6-31-19(29)11-28-18-10-15(23(2,3)12-26)17(25)9-14(18)22(30)13-7-8-16(24)21(20(13)28)27(4)5/h7-10H,6,11H2,1-5H3. The molecule has 0 N–H and O–H groups in total. The highest BCUT2D eigenvalue weighted by atomic mass is 35.5. The molecule has 0 radical (unpaired) electrons. The molecule has 31 heavy (non-hydrogen) atoms. The number of hydrogen-bond acceptors (Lipinski definition) is 5. The fraction of sp³-hybridized carbons (Fsp3) is 0.348. The maximum absolute atomic E-state index is 13.4. The van der Waals surface area contributed by atoms with Gasteiger partial charge in [-0.15, -0.1) is 0 Å². The molecular formula is C23H23Cl2N3O3. The third-order valence-corrected chi connectivity index (χ3v) is 5.85. The van der Waals surface area contributed by atoms with Crippen LogP contribution in [0.15, 0.2) is 29.1 Å². The van der Waals surface area contributed by atoms with E-state index in [1.807, 2.05) is 14.1 Å². The van der Waals surface area contributed by atoms with Gasteiger partial charge < -0.3 is 14.2 Å². The highest BCUT2D eigenvalue weighted by Gasteiger charge is 2.26. The number of rotatable bonds is 5. The Morgan fingerprint density at radius 3 is 2.45 bits per heavy atom. The van der Waals surface area contributed by atoms with E-state index in [-0.39, 0.29) is 18.6 Å². The van der Waals surface area contributed by atoms with Crippen molar-refractivity contribution >= 4 is 56.7 Å². The molecule has 0 amide bonds. The molecule has 0 unspecified atom stereocenters. The van der Waals surface area contributed by atoms with Gasteiger partial charge in [-0.2, -0.15) is 5.26 Å². The van der Waals surface area contributed by atoms with Gasteiger partial charge >= 0.3 is 5.97 Å². The Morgan fingerprint density at radius 1 is 1.19 bits per heavy atom. The van der Waals surface area contributed by atoms with Crippen LogP contribution in [0.2, 0.25) is 10.0 Å². The summed E-state index contributed by atoms with van der Waals surface area (Å²) in [6.07, 6.45) is 0. The number of aromatic nitrogens is 1. The van der Waals surface area contributed by atoms with Gasteiger partial charge in [0.2, 0.25) is 0 Å². The first-order valence-electron chi connectivity index (χ1n) is 9.76. The number of ether oxygens (including phenoxy) is 1. The van der Waals surface area contributed by atoms with Crippen molar-refractivity contribution in [2.75, 3.05) is 25.6 Å². The monoisotopic (exact) mass is 459 g/mol. The van der Waals surface area contributed by atoms with E-state index in [0.29, 0.717) is 43.1 Å². The average Bonchev–Trinajstić information content (AvgIpc) is 2.70. The largest absolute Gasteiger partial charge is 0.465 e. The molecule has 0 saturated carbocycles. The topological polar surface area (TPSA) is 75.3 Å². The number of anilines is 1. The molecule has 0 bridgehead atoms. The van der Waals surface area contributed by atoms with Crippen LogP contribution in [0.3, 0.4) is 0 Å². The molecule has 0 spiro atoms. The number of hydrogen-bond donors (Lipinski definition) is 0. The van der Waals surface area contributed by atoms with E-state index in [0.717, 1.165) is 0 Å². The molecule has 0 aliphatic carbocycles. The molecule has 1 heterocycles. The number of nitriles is 1. The minimum Gasteiger partial charge on any atom is -0.465 e. The third-order valence-electron chi connectivity index (χ3n) is 5.23. The van der Waals surface area contributed by atoms with E-state index >= 15 is 0 Å². The predicted molar refractivity (Wildman–Crippen MR) is 125 cm³/mol. The van der Waals surface area contributed by atoms with Gasteiger partial charge in [-0.1, -0.05) is 23.2 Å². The molecule has 8 heteroatoms. The Bertz CT molecular complexity index is 1300. The lowest BCUT2D eigenvalue weighted by molar-refractivity contribution is -0.143. The van der Waals surface area contributed by atoms with Crippen molar-refractivity contribution in [3.8, 4) is 6.07 Å². The summed E-state index contributed by atoms with van der Waals surface area (Å²) in [6.45, 7) is 5.33. The quantitative estimate of drug-likeness (QED) is 0.400. The van der Waals surface area contributed by atoms with E-state index in [9.17, 15) is 14.9 Å². The van der Waals surface area contributed by atoms with Gasteiger partial charge in [0.1, 0.15) is 6.54 Å². The first-order chi connectivity index (χ1) is 14.5. The van der Waals surface area contributed by atoms with Gasteiger partial charge in [0.25, 0.3) is 0 Å². The van der Waals surface area contributed by atoms with Gasteiger partial charge in [0.15, 0.2) is 5.43 Å². The van der Waals surface area contributed by atoms with Crippen LogP contribution in [0, 0.1) is 11.3 Å². The zero-order valence-corrected chi connectivity index (χ0v) is 19.6. The first-order valence-corrected chi connectivity index (χ1v) is 10.5. The van der Waals surface area contributed by atoms with Crippen molar-refractivity contribution in [1.82, 2.24) is 4.57 Å². The van der Waals surface area contributed by atoms with E-state index in [2.05, 4.69) is 6.07 Å². The van der Waals surface area contributed by atoms with Crippen molar-refractivity contribution in [3.63, 3.8) is 0 Å². The number of benzene rings is 2. The highest BCUT2D eigenvalue weighted by molar-refractivity contribution is 6.35. The molecule has 2 aromatic carbocycles. The summed E-state index contributed by atoms with van der Waals surface area (Å²) in [5.41, 5.74) is 1.05. The Kier molecular flexibility index (Phi) is 6.22. The van der Waals surface area contributed by atoms with Crippen molar-refractivity contribution in [3.05, 3.63) is 50.1 Å². The van der Waals surface area contributed by atoms with Crippen LogP contribution in [-0.4, -0.2) is 31.2 Å². The van der Waals surface area contributed by atoms with Crippen LogP contribution in [0.25, 0.3) is 21.8 Å². The summed E-state index contributed by atoms with van der Waals surface area (Å²) < 4.78 is 6.90. The van der Waals surface area contributed by atoms with Gasteiger partial charge in [0, 0.05) is 29.9 Å². The Hall–Kier alpha value is -2.75. The average molecular weight is 460 g/mol. The number of carbonyl (C=O) groups excluding carboxylic acids is 1. The number of fused-ring (bicyclic) bond motifs is 2. The molecule has 162 valence electrons. The minimum absolute atomic E-state index is 0.129. The molecule has 1 aromatic heterocycles.